The van der Waals surface area contributed by atoms with E-state index >= 15 is 0 Å². The lowest BCUT2D eigenvalue weighted by atomic mass is 10.0. The Labute approximate surface area is 156 Å². The first-order valence-electron chi connectivity index (χ1n) is 8.42. The summed E-state index contributed by atoms with van der Waals surface area (Å²) < 4.78 is 13.7. The second-order valence-corrected chi connectivity index (χ2v) is 6.25. The van der Waals surface area contributed by atoms with Gasteiger partial charge in [0.2, 0.25) is 5.95 Å². The number of allylic oxidation sites excluding steroid dienone is 3. The molecule has 0 aromatic carbocycles. The Morgan fingerprint density at radius 3 is 2.96 bits per heavy atom. The van der Waals surface area contributed by atoms with Crippen molar-refractivity contribution in [2.45, 2.75) is 19.9 Å². The van der Waals surface area contributed by atoms with Crippen LogP contribution in [0.2, 0.25) is 0 Å². The van der Waals surface area contributed by atoms with Crippen molar-refractivity contribution in [1.82, 2.24) is 14.9 Å². The van der Waals surface area contributed by atoms with Crippen molar-refractivity contribution in [3.05, 3.63) is 71.0 Å². The normalized spacial score (nSPS) is 14.9. The fourth-order valence-electron chi connectivity index (χ4n) is 2.92. The van der Waals surface area contributed by atoms with E-state index in [1.54, 1.807) is 24.4 Å². The number of halogens is 1. The maximum Gasteiger partial charge on any atom is 0.236 e. The van der Waals surface area contributed by atoms with E-state index in [2.05, 4.69) is 15.3 Å². The van der Waals surface area contributed by atoms with Gasteiger partial charge in [0.1, 0.15) is 17.6 Å². The molecule has 0 saturated heterocycles. The molecule has 0 radical (unpaired) electrons. The van der Waals surface area contributed by atoms with Gasteiger partial charge >= 0.3 is 0 Å². The highest BCUT2D eigenvalue weighted by Crippen LogP contribution is 2.25. The highest BCUT2D eigenvalue weighted by molar-refractivity contribution is 5.59. The van der Waals surface area contributed by atoms with Gasteiger partial charge in [0.05, 0.1) is 17.6 Å². The molecule has 5 N–H and O–H groups in total. The van der Waals surface area contributed by atoms with E-state index in [0.717, 1.165) is 23.3 Å². The van der Waals surface area contributed by atoms with Crippen molar-refractivity contribution in [1.29, 1.82) is 5.26 Å². The Morgan fingerprint density at radius 1 is 1.41 bits per heavy atom. The molecule has 0 unspecified atom stereocenters. The molecule has 0 amide bonds. The van der Waals surface area contributed by atoms with Crippen LogP contribution in [0.15, 0.2) is 53.8 Å². The van der Waals surface area contributed by atoms with Crippen molar-refractivity contribution in [2.24, 2.45) is 11.5 Å². The molecule has 2 aromatic heterocycles. The van der Waals surface area contributed by atoms with Gasteiger partial charge in [0, 0.05) is 31.4 Å². The van der Waals surface area contributed by atoms with Crippen LogP contribution in [0.3, 0.4) is 0 Å². The molecule has 0 spiro atoms. The molecular weight excluding hydrogens is 345 g/mol. The summed E-state index contributed by atoms with van der Waals surface area (Å²) in [5, 5.41) is 11.8. The molecule has 3 rings (SSSR count). The van der Waals surface area contributed by atoms with Gasteiger partial charge in [-0.15, -0.1) is 0 Å². The summed E-state index contributed by atoms with van der Waals surface area (Å²) in [5.41, 5.74) is 15.6. The molecule has 27 heavy (non-hydrogen) atoms. The minimum absolute atomic E-state index is 0.111. The van der Waals surface area contributed by atoms with Crippen LogP contribution in [0.1, 0.15) is 18.2 Å². The van der Waals surface area contributed by atoms with E-state index in [1.165, 1.54) is 6.20 Å². The zero-order chi connectivity index (χ0) is 19.4. The zero-order valence-electron chi connectivity index (χ0n) is 14.9. The fourth-order valence-corrected chi connectivity index (χ4v) is 2.92. The molecule has 0 fully saturated rings. The Hall–Kier alpha value is -3.60. The molecule has 0 aliphatic carbocycles. The van der Waals surface area contributed by atoms with Gasteiger partial charge in [-0.25, -0.2) is 4.98 Å². The van der Waals surface area contributed by atoms with Crippen LogP contribution in [-0.2, 0) is 13.0 Å². The van der Waals surface area contributed by atoms with Gasteiger partial charge in [0.15, 0.2) is 0 Å². The summed E-state index contributed by atoms with van der Waals surface area (Å²) in [5.74, 6) is -0.00275. The second kappa shape index (κ2) is 7.74. The Morgan fingerprint density at radius 2 is 2.22 bits per heavy atom. The number of nitrogens with two attached hydrogens (primary N) is 2. The lowest BCUT2D eigenvalue weighted by Gasteiger charge is -2.31. The van der Waals surface area contributed by atoms with Crippen LogP contribution in [0.4, 0.5) is 15.8 Å². The van der Waals surface area contributed by atoms with E-state index in [0.29, 0.717) is 30.3 Å². The lowest BCUT2D eigenvalue weighted by Crippen LogP contribution is -2.34. The van der Waals surface area contributed by atoms with Crippen LogP contribution in [-0.4, -0.2) is 21.4 Å². The number of anilines is 2. The van der Waals surface area contributed by atoms with E-state index < -0.39 is 5.95 Å². The molecule has 0 atom stereocenters. The number of nitriles is 1. The monoisotopic (exact) mass is 365 g/mol. The summed E-state index contributed by atoms with van der Waals surface area (Å²) in [6, 6.07) is 7.09. The average molecular weight is 365 g/mol. The second-order valence-electron chi connectivity index (χ2n) is 6.25. The first-order chi connectivity index (χ1) is 13.0. The van der Waals surface area contributed by atoms with Crippen LogP contribution < -0.4 is 16.8 Å². The number of aromatic nitrogens is 2. The maximum absolute atomic E-state index is 13.7. The molecule has 0 saturated carbocycles. The quantitative estimate of drug-likeness (QED) is 0.432. The number of rotatable bonds is 4. The van der Waals surface area contributed by atoms with Crippen molar-refractivity contribution in [3.8, 4) is 6.07 Å². The van der Waals surface area contributed by atoms with E-state index in [-0.39, 0.29) is 5.70 Å². The molecule has 1 aliphatic heterocycles. The fraction of sp³-hybridized carbons (Fsp3) is 0.211. The smallest absolute Gasteiger partial charge is 0.236 e. The van der Waals surface area contributed by atoms with Gasteiger partial charge in [-0.3, -0.25) is 4.98 Å². The first-order valence-corrected chi connectivity index (χ1v) is 8.42. The van der Waals surface area contributed by atoms with Crippen molar-refractivity contribution < 1.29 is 4.39 Å². The number of fused-ring (bicyclic) bond motifs is 1. The van der Waals surface area contributed by atoms with Crippen LogP contribution >= 0.6 is 0 Å². The average Bonchev–Trinajstić information content (AvgIpc) is 2.68. The molecule has 8 heteroatoms. The van der Waals surface area contributed by atoms with Gasteiger partial charge in [0.25, 0.3) is 0 Å². The van der Waals surface area contributed by atoms with Gasteiger partial charge in [-0.2, -0.15) is 9.65 Å². The molecule has 1 aliphatic rings. The van der Waals surface area contributed by atoms with E-state index in [4.69, 9.17) is 16.7 Å². The van der Waals surface area contributed by atoms with Gasteiger partial charge in [-0.05, 0) is 42.3 Å². The predicted molar refractivity (Wildman–Crippen MR) is 101 cm³/mol. The Balaban J connectivity index is 1.82. The molecular formula is C19H20FN7. The summed E-state index contributed by atoms with van der Waals surface area (Å²) in [6.07, 6.45) is 5.38. The number of nitrogens with one attached hydrogen (secondary N) is 1. The first kappa shape index (κ1) is 18.2. The minimum atomic E-state index is -0.568. The largest absolute Gasteiger partial charge is 0.390 e. The highest BCUT2D eigenvalue weighted by atomic mass is 19.1. The van der Waals surface area contributed by atoms with E-state index in [9.17, 15) is 4.39 Å². The van der Waals surface area contributed by atoms with Crippen LogP contribution in [0.5, 0.6) is 0 Å². The molecule has 138 valence electrons. The molecule has 2 aromatic rings. The predicted octanol–water partition coefficient (Wildman–Crippen LogP) is 2.27. The topological polar surface area (TPSA) is 117 Å². The third-order valence-electron chi connectivity index (χ3n) is 4.32. The van der Waals surface area contributed by atoms with Gasteiger partial charge in [-0.1, -0.05) is 0 Å². The van der Waals surface area contributed by atoms with Crippen molar-refractivity contribution >= 4 is 11.4 Å². The van der Waals surface area contributed by atoms with Crippen LogP contribution in [0.25, 0.3) is 0 Å². The molecule has 3 heterocycles. The third kappa shape index (κ3) is 4.15. The Kier molecular flexibility index (Phi) is 5.22. The van der Waals surface area contributed by atoms with Crippen molar-refractivity contribution in [2.75, 3.05) is 11.9 Å². The number of hydrogen-bond donors (Lipinski definition) is 3. The van der Waals surface area contributed by atoms with Crippen LogP contribution in [0, 0.1) is 17.3 Å². The lowest BCUT2D eigenvalue weighted by molar-refractivity contribution is 0.313. The number of nitrogens with zero attached hydrogens (tertiary/aromatic N) is 4. The SMILES string of the molecule is CC(/C=C(\N)C#N)=C(/N)N1CCc2ncc(Nc3cccnc3F)cc2C1. The zero-order valence-corrected chi connectivity index (χ0v) is 14.9. The number of hydrogen-bond acceptors (Lipinski definition) is 7. The summed E-state index contributed by atoms with van der Waals surface area (Å²) in [4.78, 5) is 10.1. The standard InChI is InChI=1S/C19H20FN7/c1-12(7-14(22)9-21)19(23)27-6-4-16-13(11-27)8-15(10-25-16)26-17-3-2-5-24-18(17)20/h2-3,5,7-8,10,26H,4,6,11,22-23H2,1H3/b14-7-,19-12+. The number of pyridine rings is 2. The summed E-state index contributed by atoms with van der Waals surface area (Å²) in [7, 11) is 0. The van der Waals surface area contributed by atoms with Crippen molar-refractivity contribution in [3.63, 3.8) is 0 Å². The third-order valence-corrected chi connectivity index (χ3v) is 4.32. The van der Waals surface area contributed by atoms with Gasteiger partial charge < -0.3 is 21.7 Å². The molecule has 0 bridgehead atoms. The maximum atomic E-state index is 13.7. The summed E-state index contributed by atoms with van der Waals surface area (Å²) >= 11 is 0. The Bertz CT molecular complexity index is 959. The highest BCUT2D eigenvalue weighted by Gasteiger charge is 2.19. The minimum Gasteiger partial charge on any atom is -0.390 e. The summed E-state index contributed by atoms with van der Waals surface area (Å²) in [6.45, 7) is 3.10. The molecule has 7 nitrogen and oxygen atoms in total. The van der Waals surface area contributed by atoms with E-state index in [1.807, 2.05) is 24.0 Å².